The van der Waals surface area contributed by atoms with E-state index in [0.717, 1.165) is 0 Å². The standard InChI is InChI=1S/C10H12O6/c11-5-6-16-10(9(14)15)4-2-1-3-7(10)8(12)13/h1-4,7,11H,5-6H2,(H,12,13)(H,14,15). The highest BCUT2D eigenvalue weighted by Crippen LogP contribution is 2.29. The summed E-state index contributed by atoms with van der Waals surface area (Å²) in [5.41, 5.74) is -1.94. The number of hydrogen-bond acceptors (Lipinski definition) is 4. The molecule has 0 spiro atoms. The minimum atomic E-state index is -1.94. The Labute approximate surface area is 91.5 Å². The molecule has 16 heavy (non-hydrogen) atoms. The van der Waals surface area contributed by atoms with Crippen molar-refractivity contribution >= 4 is 11.9 Å². The lowest BCUT2D eigenvalue weighted by atomic mass is 9.83. The molecule has 0 aliphatic heterocycles. The molecule has 0 aromatic heterocycles. The Bertz CT molecular complexity index is 345. The molecule has 1 rings (SSSR count). The molecule has 88 valence electrons. The lowest BCUT2D eigenvalue weighted by Crippen LogP contribution is -2.50. The van der Waals surface area contributed by atoms with Crippen molar-refractivity contribution in [2.75, 3.05) is 13.2 Å². The van der Waals surface area contributed by atoms with E-state index in [1.165, 1.54) is 24.3 Å². The predicted octanol–water partition coefficient (Wildman–Crippen LogP) is -0.355. The molecule has 6 heteroatoms. The molecule has 1 aliphatic carbocycles. The molecule has 0 saturated heterocycles. The average molecular weight is 228 g/mol. The minimum Gasteiger partial charge on any atom is -0.481 e. The van der Waals surface area contributed by atoms with Crippen molar-refractivity contribution in [1.29, 1.82) is 0 Å². The quantitative estimate of drug-likeness (QED) is 0.594. The first-order valence-electron chi connectivity index (χ1n) is 4.61. The number of rotatable bonds is 5. The maximum atomic E-state index is 11.1. The van der Waals surface area contributed by atoms with Crippen molar-refractivity contribution in [3.8, 4) is 0 Å². The van der Waals surface area contributed by atoms with Crippen LogP contribution >= 0.6 is 0 Å². The van der Waals surface area contributed by atoms with Crippen LogP contribution in [0.5, 0.6) is 0 Å². The molecule has 0 radical (unpaired) electrons. The van der Waals surface area contributed by atoms with Crippen LogP contribution in [0, 0.1) is 5.92 Å². The summed E-state index contributed by atoms with van der Waals surface area (Å²) in [4.78, 5) is 22.1. The third kappa shape index (κ3) is 2.12. The number of aliphatic hydroxyl groups is 1. The van der Waals surface area contributed by atoms with E-state index in [4.69, 9.17) is 20.1 Å². The van der Waals surface area contributed by atoms with Crippen LogP contribution in [0.1, 0.15) is 0 Å². The first-order valence-corrected chi connectivity index (χ1v) is 4.61. The number of carbonyl (C=O) groups is 2. The molecule has 0 amide bonds. The molecule has 0 saturated carbocycles. The summed E-state index contributed by atoms with van der Waals surface area (Å²) in [5.74, 6) is -3.99. The summed E-state index contributed by atoms with van der Waals surface area (Å²) < 4.78 is 4.99. The Morgan fingerprint density at radius 2 is 2.00 bits per heavy atom. The van der Waals surface area contributed by atoms with Crippen LogP contribution < -0.4 is 0 Å². The fourth-order valence-corrected chi connectivity index (χ4v) is 1.50. The zero-order valence-corrected chi connectivity index (χ0v) is 8.37. The predicted molar refractivity (Wildman–Crippen MR) is 52.8 cm³/mol. The highest BCUT2D eigenvalue weighted by Gasteiger charge is 2.48. The van der Waals surface area contributed by atoms with Gasteiger partial charge in [-0.1, -0.05) is 18.2 Å². The lowest BCUT2D eigenvalue weighted by Gasteiger charge is -2.31. The number of carboxylic acid groups (broad SMARTS) is 2. The van der Waals surface area contributed by atoms with Crippen LogP contribution in [0.15, 0.2) is 24.3 Å². The van der Waals surface area contributed by atoms with E-state index in [1.807, 2.05) is 0 Å². The van der Waals surface area contributed by atoms with Gasteiger partial charge in [0, 0.05) is 0 Å². The van der Waals surface area contributed by atoms with Crippen molar-refractivity contribution in [3.05, 3.63) is 24.3 Å². The zero-order chi connectivity index (χ0) is 12.2. The highest BCUT2D eigenvalue weighted by molar-refractivity contribution is 5.89. The van der Waals surface area contributed by atoms with Gasteiger partial charge >= 0.3 is 11.9 Å². The van der Waals surface area contributed by atoms with Crippen molar-refractivity contribution in [3.63, 3.8) is 0 Å². The molecule has 2 unspecified atom stereocenters. The topological polar surface area (TPSA) is 104 Å². The summed E-state index contributed by atoms with van der Waals surface area (Å²) in [6.45, 7) is -0.618. The Morgan fingerprint density at radius 1 is 1.31 bits per heavy atom. The number of ether oxygens (including phenoxy) is 1. The van der Waals surface area contributed by atoms with Crippen molar-refractivity contribution in [2.45, 2.75) is 5.60 Å². The fraction of sp³-hybridized carbons (Fsp3) is 0.400. The molecule has 0 aromatic rings. The zero-order valence-electron chi connectivity index (χ0n) is 8.37. The average Bonchev–Trinajstić information content (AvgIpc) is 2.26. The second kappa shape index (κ2) is 4.91. The van der Waals surface area contributed by atoms with Crippen LogP contribution in [0.4, 0.5) is 0 Å². The third-order valence-corrected chi connectivity index (χ3v) is 2.25. The third-order valence-electron chi connectivity index (χ3n) is 2.25. The van der Waals surface area contributed by atoms with Crippen LogP contribution in [-0.4, -0.2) is 46.1 Å². The number of hydrogen-bond donors (Lipinski definition) is 3. The van der Waals surface area contributed by atoms with E-state index < -0.39 is 23.5 Å². The molecule has 0 aromatic carbocycles. The van der Waals surface area contributed by atoms with Gasteiger partial charge in [0.25, 0.3) is 0 Å². The number of allylic oxidation sites excluding steroid dienone is 2. The molecule has 0 bridgehead atoms. The van der Waals surface area contributed by atoms with Crippen LogP contribution in [0.2, 0.25) is 0 Å². The molecule has 6 nitrogen and oxygen atoms in total. The molecule has 1 aliphatic rings. The van der Waals surface area contributed by atoms with E-state index in [0.29, 0.717) is 0 Å². The molecule has 0 heterocycles. The maximum absolute atomic E-state index is 11.1. The van der Waals surface area contributed by atoms with Gasteiger partial charge in [0.2, 0.25) is 0 Å². The molecular formula is C10H12O6. The van der Waals surface area contributed by atoms with Crippen LogP contribution in [0.25, 0.3) is 0 Å². The summed E-state index contributed by atoms with van der Waals surface area (Å²) in [6.07, 6.45) is 5.27. The molecular weight excluding hydrogens is 216 g/mol. The van der Waals surface area contributed by atoms with Crippen molar-refractivity contribution in [2.24, 2.45) is 5.92 Å². The molecule has 3 N–H and O–H groups in total. The SMILES string of the molecule is O=C(O)C1C=CC=CC1(OCCO)C(=O)O. The van der Waals surface area contributed by atoms with E-state index in [-0.39, 0.29) is 13.2 Å². The van der Waals surface area contributed by atoms with Gasteiger partial charge < -0.3 is 20.1 Å². The van der Waals surface area contributed by atoms with Crippen LogP contribution in [0.3, 0.4) is 0 Å². The second-order valence-electron chi connectivity index (χ2n) is 3.23. The van der Waals surface area contributed by atoms with E-state index >= 15 is 0 Å². The number of aliphatic hydroxyl groups excluding tert-OH is 1. The van der Waals surface area contributed by atoms with Gasteiger partial charge in [-0.2, -0.15) is 0 Å². The van der Waals surface area contributed by atoms with E-state index in [9.17, 15) is 9.59 Å². The van der Waals surface area contributed by atoms with E-state index in [2.05, 4.69) is 0 Å². The lowest BCUT2D eigenvalue weighted by molar-refractivity contribution is -0.173. The number of aliphatic carboxylic acids is 2. The maximum Gasteiger partial charge on any atom is 0.341 e. The molecule has 0 fully saturated rings. The molecule has 2 atom stereocenters. The van der Waals surface area contributed by atoms with Gasteiger partial charge in [0.15, 0.2) is 5.60 Å². The second-order valence-corrected chi connectivity index (χ2v) is 3.23. The van der Waals surface area contributed by atoms with Gasteiger partial charge in [-0.05, 0) is 6.08 Å². The van der Waals surface area contributed by atoms with Crippen molar-refractivity contribution < 1.29 is 29.6 Å². The summed E-state index contributed by atoms with van der Waals surface area (Å²) >= 11 is 0. The Morgan fingerprint density at radius 3 is 2.50 bits per heavy atom. The smallest absolute Gasteiger partial charge is 0.341 e. The largest absolute Gasteiger partial charge is 0.481 e. The normalized spacial score (nSPS) is 27.9. The van der Waals surface area contributed by atoms with Gasteiger partial charge in [-0.25, -0.2) is 4.79 Å². The van der Waals surface area contributed by atoms with Gasteiger partial charge in [0.05, 0.1) is 13.2 Å². The Hall–Kier alpha value is -1.66. The Balaban J connectivity index is 3.05. The number of carboxylic acids is 2. The van der Waals surface area contributed by atoms with E-state index in [1.54, 1.807) is 0 Å². The van der Waals surface area contributed by atoms with Gasteiger partial charge in [-0.3, -0.25) is 4.79 Å². The first kappa shape index (κ1) is 12.4. The Kier molecular flexibility index (Phi) is 3.81. The van der Waals surface area contributed by atoms with Gasteiger partial charge in [-0.15, -0.1) is 0 Å². The minimum absolute atomic E-state index is 0.242. The van der Waals surface area contributed by atoms with Gasteiger partial charge in [0.1, 0.15) is 5.92 Å². The highest BCUT2D eigenvalue weighted by atomic mass is 16.5. The van der Waals surface area contributed by atoms with Crippen molar-refractivity contribution in [1.82, 2.24) is 0 Å². The summed E-state index contributed by atoms with van der Waals surface area (Å²) in [5, 5.41) is 26.6. The monoisotopic (exact) mass is 228 g/mol. The fourth-order valence-electron chi connectivity index (χ4n) is 1.50. The summed E-state index contributed by atoms with van der Waals surface area (Å²) in [6, 6.07) is 0. The van der Waals surface area contributed by atoms with Crippen LogP contribution in [-0.2, 0) is 14.3 Å². The first-order chi connectivity index (χ1) is 7.54. The summed E-state index contributed by atoms with van der Waals surface area (Å²) in [7, 11) is 0.